The number of hydrogen-bond donors (Lipinski definition) is 0. The van der Waals surface area contributed by atoms with Gasteiger partial charge in [0.05, 0.1) is 6.61 Å². The van der Waals surface area contributed by atoms with Gasteiger partial charge in [-0.2, -0.15) is 0 Å². The Kier molecular flexibility index (Phi) is 37.0. The van der Waals surface area contributed by atoms with Gasteiger partial charge in [-0.05, 0) is 44.9 Å². The summed E-state index contributed by atoms with van der Waals surface area (Å²) in [6, 6.07) is 0. The first-order valence-corrected chi connectivity index (χ1v) is 20.2. The molecule has 0 aromatic carbocycles. The molecule has 0 saturated heterocycles. The lowest BCUT2D eigenvalue weighted by molar-refractivity contribution is -0.163. The Morgan fingerprint density at radius 2 is 0.848 bits per heavy atom. The highest BCUT2D eigenvalue weighted by Gasteiger charge is 2.17. The maximum absolute atomic E-state index is 12.4. The Hall–Kier alpha value is -1.36. The highest BCUT2D eigenvalue weighted by Crippen LogP contribution is 2.13. The molecule has 0 saturated carbocycles. The fourth-order valence-electron chi connectivity index (χ4n) is 5.74. The van der Waals surface area contributed by atoms with Gasteiger partial charge in [0.1, 0.15) is 6.61 Å². The van der Waals surface area contributed by atoms with Crippen LogP contribution in [-0.4, -0.2) is 37.9 Å². The van der Waals surface area contributed by atoms with Crippen LogP contribution in [-0.2, 0) is 23.8 Å². The van der Waals surface area contributed by atoms with Crippen LogP contribution in [0.1, 0.15) is 213 Å². The molecule has 5 nitrogen and oxygen atoms in total. The van der Waals surface area contributed by atoms with Crippen LogP contribution in [0.25, 0.3) is 0 Å². The average Bonchev–Trinajstić information content (AvgIpc) is 3.05. The van der Waals surface area contributed by atoms with Crippen molar-refractivity contribution in [3.63, 3.8) is 0 Å². The summed E-state index contributed by atoms with van der Waals surface area (Å²) in [5.41, 5.74) is 0. The van der Waals surface area contributed by atoms with E-state index in [9.17, 15) is 9.59 Å². The van der Waals surface area contributed by atoms with Crippen LogP contribution in [0.5, 0.6) is 0 Å². The Morgan fingerprint density at radius 3 is 1.33 bits per heavy atom. The van der Waals surface area contributed by atoms with Crippen LogP contribution >= 0.6 is 0 Å². The number of carbonyl (C=O) groups is 2. The van der Waals surface area contributed by atoms with E-state index in [0.717, 1.165) is 38.5 Å². The van der Waals surface area contributed by atoms with Gasteiger partial charge in [0.2, 0.25) is 0 Å². The van der Waals surface area contributed by atoms with Gasteiger partial charge in [0.25, 0.3) is 0 Å². The molecule has 0 spiro atoms. The third kappa shape index (κ3) is 35.5. The Labute approximate surface area is 286 Å². The fraction of sp³-hybridized carbons (Fsp3) is 0.902. The zero-order valence-corrected chi connectivity index (χ0v) is 31.1. The van der Waals surface area contributed by atoms with E-state index in [1.54, 1.807) is 0 Å². The van der Waals surface area contributed by atoms with Gasteiger partial charge in [-0.1, -0.05) is 168 Å². The molecule has 1 atom stereocenters. The largest absolute Gasteiger partial charge is 0.462 e. The molecule has 0 aliphatic heterocycles. The van der Waals surface area contributed by atoms with Gasteiger partial charge in [0, 0.05) is 19.4 Å². The summed E-state index contributed by atoms with van der Waals surface area (Å²) in [5, 5.41) is 0. The lowest BCUT2D eigenvalue weighted by atomic mass is 10.1. The van der Waals surface area contributed by atoms with Crippen molar-refractivity contribution in [3.05, 3.63) is 12.2 Å². The number of rotatable bonds is 37. The number of ether oxygens (including phenoxy) is 3. The zero-order valence-electron chi connectivity index (χ0n) is 31.1. The normalized spacial score (nSPS) is 12.2. The lowest BCUT2D eigenvalue weighted by Gasteiger charge is -2.18. The summed E-state index contributed by atoms with van der Waals surface area (Å²) < 4.78 is 17.1. The van der Waals surface area contributed by atoms with Crippen molar-refractivity contribution in [2.75, 3.05) is 19.8 Å². The zero-order chi connectivity index (χ0) is 33.6. The Balaban J connectivity index is 4.00. The quantitative estimate of drug-likeness (QED) is 0.0380. The molecule has 272 valence electrons. The van der Waals surface area contributed by atoms with E-state index < -0.39 is 6.10 Å². The van der Waals surface area contributed by atoms with E-state index in [4.69, 9.17) is 14.2 Å². The van der Waals surface area contributed by atoms with Crippen molar-refractivity contribution < 1.29 is 23.8 Å². The van der Waals surface area contributed by atoms with Crippen molar-refractivity contribution in [1.82, 2.24) is 0 Å². The van der Waals surface area contributed by atoms with E-state index in [1.807, 2.05) is 0 Å². The molecular weight excluding hydrogens is 572 g/mol. The van der Waals surface area contributed by atoms with Crippen LogP contribution in [0, 0.1) is 0 Å². The molecule has 0 bridgehead atoms. The number of unbranched alkanes of at least 4 members (excludes halogenated alkanes) is 24. The van der Waals surface area contributed by atoms with Crippen molar-refractivity contribution in [3.8, 4) is 0 Å². The third-order valence-corrected chi connectivity index (χ3v) is 8.80. The second-order valence-corrected chi connectivity index (χ2v) is 13.6. The van der Waals surface area contributed by atoms with Crippen LogP contribution in [0.4, 0.5) is 0 Å². The second-order valence-electron chi connectivity index (χ2n) is 13.6. The number of esters is 2. The van der Waals surface area contributed by atoms with Crippen LogP contribution in [0.15, 0.2) is 12.2 Å². The molecule has 5 heteroatoms. The molecule has 1 unspecified atom stereocenters. The monoisotopic (exact) mass is 651 g/mol. The molecule has 0 radical (unpaired) electrons. The number of carbonyl (C=O) groups excluding carboxylic acids is 2. The van der Waals surface area contributed by atoms with E-state index in [1.165, 1.54) is 141 Å². The van der Waals surface area contributed by atoms with E-state index in [-0.39, 0.29) is 18.5 Å². The van der Waals surface area contributed by atoms with E-state index in [0.29, 0.717) is 26.1 Å². The predicted octanol–water partition coefficient (Wildman–Crippen LogP) is 12.8. The fourth-order valence-corrected chi connectivity index (χ4v) is 5.74. The smallest absolute Gasteiger partial charge is 0.306 e. The number of allylic oxidation sites excluding steroid dienone is 2. The molecule has 0 aromatic rings. The molecule has 0 N–H and O–H groups in total. The minimum Gasteiger partial charge on any atom is -0.462 e. The topological polar surface area (TPSA) is 61.8 Å². The van der Waals surface area contributed by atoms with Crippen LogP contribution < -0.4 is 0 Å². The van der Waals surface area contributed by atoms with Crippen molar-refractivity contribution in [2.24, 2.45) is 0 Å². The average molecular weight is 651 g/mol. The summed E-state index contributed by atoms with van der Waals surface area (Å²) in [6.07, 6.45) is 39.4. The van der Waals surface area contributed by atoms with Gasteiger partial charge >= 0.3 is 11.9 Å². The van der Waals surface area contributed by atoms with Crippen molar-refractivity contribution in [2.45, 2.75) is 219 Å². The summed E-state index contributed by atoms with van der Waals surface area (Å²) >= 11 is 0. The van der Waals surface area contributed by atoms with Gasteiger partial charge < -0.3 is 14.2 Å². The van der Waals surface area contributed by atoms with Crippen molar-refractivity contribution >= 4 is 11.9 Å². The lowest BCUT2D eigenvalue weighted by Crippen LogP contribution is -2.30. The van der Waals surface area contributed by atoms with Crippen LogP contribution in [0.3, 0.4) is 0 Å². The standard InChI is InChI=1S/C41H78O5/c1-4-7-10-13-15-17-18-19-20-21-22-23-24-25-26-29-31-34-40(42)45-38-39(46-41(43)35-32-28-12-9-6-3)37-44-36-33-30-27-16-14-11-8-5-2/h19-20,39H,4-18,21-38H2,1-3H3/b20-19-. The molecular formula is C41H78O5. The Bertz CT molecular complexity index is 661. The molecule has 0 fully saturated rings. The minimum absolute atomic E-state index is 0.0885. The van der Waals surface area contributed by atoms with Gasteiger partial charge in [-0.25, -0.2) is 0 Å². The molecule has 0 aliphatic carbocycles. The van der Waals surface area contributed by atoms with Gasteiger partial charge in [0.15, 0.2) is 6.10 Å². The SMILES string of the molecule is CCCCCCCC/C=C\CCCCCCCCCC(=O)OCC(COCCCCCCCCCC)OC(=O)CCCCCCC. The number of hydrogen-bond acceptors (Lipinski definition) is 5. The summed E-state index contributed by atoms with van der Waals surface area (Å²) in [7, 11) is 0. The maximum atomic E-state index is 12.4. The van der Waals surface area contributed by atoms with E-state index >= 15 is 0 Å². The first-order valence-electron chi connectivity index (χ1n) is 20.2. The third-order valence-electron chi connectivity index (χ3n) is 8.80. The van der Waals surface area contributed by atoms with Crippen LogP contribution in [0.2, 0.25) is 0 Å². The second kappa shape index (κ2) is 38.1. The predicted molar refractivity (Wildman–Crippen MR) is 196 cm³/mol. The molecule has 0 aromatic heterocycles. The molecule has 0 amide bonds. The molecule has 0 aliphatic rings. The van der Waals surface area contributed by atoms with E-state index in [2.05, 4.69) is 32.9 Å². The Morgan fingerprint density at radius 1 is 0.457 bits per heavy atom. The molecule has 0 heterocycles. The summed E-state index contributed by atoms with van der Waals surface area (Å²) in [6.45, 7) is 7.74. The highest BCUT2D eigenvalue weighted by atomic mass is 16.6. The summed E-state index contributed by atoms with van der Waals surface area (Å²) in [5.74, 6) is -0.408. The highest BCUT2D eigenvalue weighted by molar-refractivity contribution is 5.70. The maximum Gasteiger partial charge on any atom is 0.306 e. The minimum atomic E-state index is -0.522. The molecule has 0 rings (SSSR count). The molecule has 46 heavy (non-hydrogen) atoms. The van der Waals surface area contributed by atoms with Crippen molar-refractivity contribution in [1.29, 1.82) is 0 Å². The van der Waals surface area contributed by atoms with Gasteiger partial charge in [-0.3, -0.25) is 9.59 Å². The first-order chi connectivity index (χ1) is 22.6. The summed E-state index contributed by atoms with van der Waals surface area (Å²) in [4.78, 5) is 24.8. The van der Waals surface area contributed by atoms with Gasteiger partial charge in [-0.15, -0.1) is 0 Å². The first kappa shape index (κ1) is 44.6.